The van der Waals surface area contributed by atoms with E-state index in [2.05, 4.69) is 6.92 Å². The minimum atomic E-state index is 0.286. The number of phenols is 2. The van der Waals surface area contributed by atoms with E-state index in [0.717, 1.165) is 32.8 Å². The van der Waals surface area contributed by atoms with Gasteiger partial charge in [0, 0.05) is 5.92 Å². The average molecular weight is 358 g/mol. The summed E-state index contributed by atoms with van der Waals surface area (Å²) in [5.74, 6) is 0.875. The molecule has 0 aromatic heterocycles. The van der Waals surface area contributed by atoms with E-state index in [9.17, 15) is 10.2 Å². The van der Waals surface area contributed by atoms with Crippen LogP contribution in [0.3, 0.4) is 0 Å². The number of epoxide rings is 2. The van der Waals surface area contributed by atoms with Gasteiger partial charge >= 0.3 is 0 Å². The van der Waals surface area contributed by atoms with Crippen molar-refractivity contribution in [3.05, 3.63) is 59.7 Å². The first-order valence-corrected chi connectivity index (χ1v) is 9.04. The zero-order valence-corrected chi connectivity index (χ0v) is 15.0. The molecule has 2 saturated heterocycles. The van der Waals surface area contributed by atoms with Crippen LogP contribution in [0.25, 0.3) is 0 Å². The van der Waals surface area contributed by atoms with E-state index >= 15 is 0 Å². The lowest BCUT2D eigenvalue weighted by molar-refractivity contribution is 0.102. The topological polar surface area (TPSA) is 74.8 Å². The van der Waals surface area contributed by atoms with Crippen LogP contribution in [0, 0.1) is 0 Å². The van der Waals surface area contributed by atoms with Crippen molar-refractivity contribution in [3.63, 3.8) is 0 Å². The minimum Gasteiger partial charge on any atom is -0.508 e. The Morgan fingerprint density at radius 2 is 1.23 bits per heavy atom. The third-order valence-electron chi connectivity index (χ3n) is 4.41. The molecule has 140 valence electrons. The summed E-state index contributed by atoms with van der Waals surface area (Å²) in [5.41, 5.74) is 2.35. The van der Waals surface area contributed by atoms with Crippen molar-refractivity contribution < 1.29 is 24.4 Å². The van der Waals surface area contributed by atoms with Crippen molar-refractivity contribution in [2.45, 2.75) is 31.5 Å². The first-order valence-electron chi connectivity index (χ1n) is 9.04. The summed E-state index contributed by atoms with van der Waals surface area (Å²) in [4.78, 5) is 0. The second-order valence-electron chi connectivity index (χ2n) is 6.59. The van der Waals surface area contributed by atoms with Crippen molar-refractivity contribution in [1.82, 2.24) is 0 Å². The number of hydrogen-bond donors (Lipinski definition) is 2. The Kier molecular flexibility index (Phi) is 6.50. The van der Waals surface area contributed by atoms with Gasteiger partial charge < -0.3 is 24.4 Å². The molecule has 2 aromatic carbocycles. The SMILES string of the molecule is C(OCC1CO1)C1CO1.CCC(c1ccc(O)cc1)c1ccc(O)cc1. The van der Waals surface area contributed by atoms with Gasteiger partial charge in [0.1, 0.15) is 23.7 Å². The number of aromatic hydroxyl groups is 2. The van der Waals surface area contributed by atoms with Crippen LogP contribution in [0.15, 0.2) is 48.5 Å². The van der Waals surface area contributed by atoms with Crippen molar-refractivity contribution in [2.24, 2.45) is 0 Å². The molecular formula is C21H26O5. The summed E-state index contributed by atoms with van der Waals surface area (Å²) in [6, 6.07) is 14.6. The number of benzene rings is 2. The van der Waals surface area contributed by atoms with Gasteiger partial charge in [0.2, 0.25) is 0 Å². The highest BCUT2D eigenvalue weighted by atomic mass is 16.6. The molecule has 2 aliphatic rings. The fraction of sp³-hybridized carbons (Fsp3) is 0.429. The van der Waals surface area contributed by atoms with Crippen molar-refractivity contribution in [1.29, 1.82) is 0 Å². The van der Waals surface area contributed by atoms with E-state index in [-0.39, 0.29) is 11.5 Å². The monoisotopic (exact) mass is 358 g/mol. The van der Waals surface area contributed by atoms with E-state index in [1.54, 1.807) is 24.3 Å². The van der Waals surface area contributed by atoms with Crippen molar-refractivity contribution >= 4 is 0 Å². The lowest BCUT2D eigenvalue weighted by Crippen LogP contribution is -2.06. The fourth-order valence-corrected chi connectivity index (χ4v) is 2.74. The molecule has 2 fully saturated rings. The van der Waals surface area contributed by atoms with Crippen molar-refractivity contribution in [2.75, 3.05) is 26.4 Å². The summed E-state index contributed by atoms with van der Waals surface area (Å²) < 4.78 is 15.1. The van der Waals surface area contributed by atoms with Crippen LogP contribution in [-0.2, 0) is 14.2 Å². The normalized spacial score (nSPS) is 20.4. The van der Waals surface area contributed by atoms with E-state index < -0.39 is 0 Å². The first-order chi connectivity index (χ1) is 12.7. The van der Waals surface area contributed by atoms with E-state index in [1.807, 2.05) is 24.3 Å². The van der Waals surface area contributed by atoms with Crippen LogP contribution < -0.4 is 0 Å². The molecule has 0 amide bonds. The molecule has 2 atom stereocenters. The summed E-state index contributed by atoms with van der Waals surface area (Å²) in [6.45, 7) is 5.39. The standard InChI is InChI=1S/C15H16O2.C6H10O3/c1-2-15(11-3-7-13(16)8-4-11)12-5-9-14(17)10-6-12;1(5-3-8-5)7-2-6-4-9-6/h3-10,15-17H,2H2,1H3;5-6H,1-4H2. The van der Waals surface area contributed by atoms with Crippen LogP contribution in [0.5, 0.6) is 11.5 Å². The largest absolute Gasteiger partial charge is 0.508 e. The maximum absolute atomic E-state index is 9.29. The van der Waals surface area contributed by atoms with Gasteiger partial charge in [-0.1, -0.05) is 31.2 Å². The van der Waals surface area contributed by atoms with E-state index in [4.69, 9.17) is 14.2 Å². The number of phenolic OH excluding ortho intramolecular Hbond substituents is 2. The highest BCUT2D eigenvalue weighted by Crippen LogP contribution is 2.29. The Morgan fingerprint density at radius 3 is 1.54 bits per heavy atom. The second-order valence-corrected chi connectivity index (χ2v) is 6.59. The molecule has 0 radical (unpaired) electrons. The molecule has 0 spiro atoms. The highest BCUT2D eigenvalue weighted by Gasteiger charge is 2.26. The third-order valence-corrected chi connectivity index (χ3v) is 4.41. The van der Waals surface area contributed by atoms with Gasteiger partial charge in [-0.2, -0.15) is 0 Å². The molecule has 5 heteroatoms. The van der Waals surface area contributed by atoms with Gasteiger partial charge in [-0.3, -0.25) is 0 Å². The molecule has 0 aliphatic carbocycles. The van der Waals surface area contributed by atoms with Gasteiger partial charge in [0.15, 0.2) is 0 Å². The molecule has 2 N–H and O–H groups in total. The zero-order valence-electron chi connectivity index (χ0n) is 15.0. The Morgan fingerprint density at radius 1 is 0.846 bits per heavy atom. The van der Waals surface area contributed by atoms with Crippen LogP contribution in [0.2, 0.25) is 0 Å². The predicted octanol–water partition coefficient (Wildman–Crippen LogP) is 3.44. The Balaban J connectivity index is 0.000000181. The molecule has 2 aliphatic heterocycles. The highest BCUT2D eigenvalue weighted by molar-refractivity contribution is 5.37. The van der Waals surface area contributed by atoms with Gasteiger partial charge in [-0.25, -0.2) is 0 Å². The zero-order chi connectivity index (χ0) is 18.4. The Bertz CT molecular complexity index is 602. The number of hydrogen-bond acceptors (Lipinski definition) is 5. The van der Waals surface area contributed by atoms with Crippen LogP contribution in [0.4, 0.5) is 0 Å². The van der Waals surface area contributed by atoms with Gasteiger partial charge in [0.25, 0.3) is 0 Å². The quantitative estimate of drug-likeness (QED) is 0.742. The smallest absolute Gasteiger partial charge is 0.115 e. The summed E-state index contributed by atoms with van der Waals surface area (Å²) in [6.07, 6.45) is 1.77. The molecule has 26 heavy (non-hydrogen) atoms. The molecule has 2 heterocycles. The van der Waals surface area contributed by atoms with Crippen LogP contribution in [-0.4, -0.2) is 48.8 Å². The lowest BCUT2D eigenvalue weighted by Gasteiger charge is -2.16. The maximum Gasteiger partial charge on any atom is 0.115 e. The summed E-state index contributed by atoms with van der Waals surface area (Å²) in [7, 11) is 0. The van der Waals surface area contributed by atoms with E-state index in [0.29, 0.717) is 18.1 Å². The van der Waals surface area contributed by atoms with E-state index in [1.165, 1.54) is 11.1 Å². The van der Waals surface area contributed by atoms with Gasteiger partial charge in [-0.05, 0) is 41.8 Å². The first kappa shape index (κ1) is 18.7. The number of ether oxygens (including phenoxy) is 3. The molecule has 0 saturated carbocycles. The lowest BCUT2D eigenvalue weighted by atomic mass is 9.89. The predicted molar refractivity (Wildman–Crippen MR) is 98.6 cm³/mol. The Labute approximate surface area is 154 Å². The van der Waals surface area contributed by atoms with Crippen LogP contribution in [0.1, 0.15) is 30.4 Å². The third kappa shape index (κ3) is 6.02. The van der Waals surface area contributed by atoms with Gasteiger partial charge in [-0.15, -0.1) is 0 Å². The Hall–Kier alpha value is -2.08. The summed E-state index contributed by atoms with van der Waals surface area (Å²) in [5, 5.41) is 18.6. The van der Waals surface area contributed by atoms with Crippen molar-refractivity contribution in [3.8, 4) is 11.5 Å². The van der Waals surface area contributed by atoms with Crippen LogP contribution >= 0.6 is 0 Å². The molecule has 2 unspecified atom stereocenters. The fourth-order valence-electron chi connectivity index (χ4n) is 2.74. The molecule has 4 rings (SSSR count). The second kappa shape index (κ2) is 9.03. The molecular weight excluding hydrogens is 332 g/mol. The maximum atomic E-state index is 9.29. The molecule has 5 nitrogen and oxygen atoms in total. The molecule has 2 aromatic rings. The minimum absolute atomic E-state index is 0.286. The van der Waals surface area contributed by atoms with Gasteiger partial charge in [0.05, 0.1) is 26.4 Å². The number of rotatable bonds is 7. The summed E-state index contributed by atoms with van der Waals surface area (Å²) >= 11 is 0. The average Bonchev–Trinajstić information content (AvgIpc) is 3.55. The molecule has 0 bridgehead atoms.